The van der Waals surface area contributed by atoms with Crippen molar-refractivity contribution >= 4 is 21.0 Å². The van der Waals surface area contributed by atoms with Gasteiger partial charge in [0.2, 0.25) is 10.0 Å². The van der Waals surface area contributed by atoms with Crippen LogP contribution in [0.15, 0.2) is 69.0 Å². The van der Waals surface area contributed by atoms with Gasteiger partial charge in [0, 0.05) is 35.8 Å². The Hall–Kier alpha value is -3.63. The molecular formula is C21H16FN3O5S. The maximum absolute atomic E-state index is 13.8. The normalized spacial score (nSPS) is 11.6. The third kappa shape index (κ3) is 4.30. The number of sulfonamides is 1. The number of rotatable bonds is 5. The molecule has 0 unspecified atom stereocenters. The lowest BCUT2D eigenvalue weighted by Crippen LogP contribution is -2.15. The number of hydrogen-bond acceptors (Lipinski definition) is 7. The Morgan fingerprint density at radius 3 is 2.58 bits per heavy atom. The first-order chi connectivity index (χ1) is 14.7. The first-order valence-corrected chi connectivity index (χ1v) is 10.6. The van der Waals surface area contributed by atoms with Gasteiger partial charge < -0.3 is 9.15 Å². The number of ether oxygens (including phenoxy) is 1. The highest BCUT2D eigenvalue weighted by molar-refractivity contribution is 7.89. The first kappa shape index (κ1) is 20.6. The van der Waals surface area contributed by atoms with Crippen LogP contribution in [0.3, 0.4) is 0 Å². The van der Waals surface area contributed by atoms with Gasteiger partial charge in [0.25, 0.3) is 0 Å². The molecule has 158 valence electrons. The lowest BCUT2D eigenvalue weighted by molar-refractivity contribution is 0.440. The summed E-state index contributed by atoms with van der Waals surface area (Å²) in [5.74, 6) is -0.561. The first-order valence-electron chi connectivity index (χ1n) is 9.05. The predicted octanol–water partition coefficient (Wildman–Crippen LogP) is 3.06. The van der Waals surface area contributed by atoms with Crippen molar-refractivity contribution in [1.29, 1.82) is 0 Å². The number of primary sulfonamides is 1. The van der Waals surface area contributed by atoms with Crippen molar-refractivity contribution in [3.8, 4) is 11.8 Å². The standard InChI is InChI=1S/C21H16FN3O5S/c1-12-15-5-4-14(29-21-24-7-2-8-25-21)11-18(15)30-20(26)16(12)9-13-3-6-17(22)19(10-13)31(23,27)28/h2-8,10-11H,9H2,1H3,(H2,23,27,28). The van der Waals surface area contributed by atoms with E-state index in [1.807, 2.05) is 0 Å². The lowest BCUT2D eigenvalue weighted by Gasteiger charge is -2.10. The highest BCUT2D eigenvalue weighted by Gasteiger charge is 2.18. The van der Waals surface area contributed by atoms with Crippen molar-refractivity contribution < 1.29 is 22.0 Å². The zero-order valence-electron chi connectivity index (χ0n) is 16.2. The summed E-state index contributed by atoms with van der Waals surface area (Å²) in [4.78, 5) is 20.0. The average Bonchev–Trinajstić information content (AvgIpc) is 2.72. The number of nitrogens with two attached hydrogens (primary N) is 1. The number of nitrogens with zero attached hydrogens (tertiary/aromatic N) is 2. The van der Waals surface area contributed by atoms with Crippen LogP contribution in [0.4, 0.5) is 4.39 Å². The second kappa shape index (κ2) is 7.89. The van der Waals surface area contributed by atoms with Gasteiger partial charge in [0.1, 0.15) is 22.0 Å². The smallest absolute Gasteiger partial charge is 0.340 e. The molecule has 4 aromatic rings. The second-order valence-corrected chi connectivity index (χ2v) is 8.30. The summed E-state index contributed by atoms with van der Waals surface area (Å²) >= 11 is 0. The van der Waals surface area contributed by atoms with E-state index in [4.69, 9.17) is 14.3 Å². The molecule has 2 heterocycles. The fraction of sp³-hybridized carbons (Fsp3) is 0.0952. The van der Waals surface area contributed by atoms with E-state index in [1.54, 1.807) is 31.2 Å². The monoisotopic (exact) mass is 441 g/mol. The molecule has 8 nitrogen and oxygen atoms in total. The molecule has 0 fully saturated rings. The van der Waals surface area contributed by atoms with E-state index in [1.165, 1.54) is 18.5 Å². The highest BCUT2D eigenvalue weighted by Crippen LogP contribution is 2.27. The molecule has 2 aromatic heterocycles. The molecule has 0 aliphatic carbocycles. The Bertz CT molecular complexity index is 1450. The summed E-state index contributed by atoms with van der Waals surface area (Å²) in [7, 11) is -4.23. The van der Waals surface area contributed by atoms with E-state index < -0.39 is 26.4 Å². The summed E-state index contributed by atoms with van der Waals surface area (Å²) in [5.41, 5.74) is 1.08. The van der Waals surface area contributed by atoms with Crippen molar-refractivity contribution in [1.82, 2.24) is 9.97 Å². The summed E-state index contributed by atoms with van der Waals surface area (Å²) in [5, 5.41) is 5.73. The Labute approximate surface area is 176 Å². The van der Waals surface area contributed by atoms with E-state index in [-0.39, 0.29) is 12.4 Å². The van der Waals surface area contributed by atoms with Gasteiger partial charge >= 0.3 is 11.6 Å². The third-order valence-corrected chi connectivity index (χ3v) is 5.62. The maximum Gasteiger partial charge on any atom is 0.340 e. The second-order valence-electron chi connectivity index (χ2n) is 6.77. The van der Waals surface area contributed by atoms with Crippen LogP contribution >= 0.6 is 0 Å². The SMILES string of the molecule is Cc1c(Cc2ccc(F)c(S(N)(=O)=O)c2)c(=O)oc2cc(Oc3ncccn3)ccc12. The predicted molar refractivity (Wildman–Crippen MR) is 110 cm³/mol. The summed E-state index contributed by atoms with van der Waals surface area (Å²) in [6.07, 6.45) is 3.12. The number of aryl methyl sites for hydroxylation is 1. The fourth-order valence-electron chi connectivity index (χ4n) is 3.17. The largest absolute Gasteiger partial charge is 0.424 e. The third-order valence-electron chi connectivity index (χ3n) is 4.69. The molecule has 0 aliphatic rings. The summed E-state index contributed by atoms with van der Waals surface area (Å²) < 4.78 is 48.0. The topological polar surface area (TPSA) is 125 Å². The van der Waals surface area contributed by atoms with Crippen molar-refractivity contribution in [3.63, 3.8) is 0 Å². The quantitative estimate of drug-likeness (QED) is 0.472. The van der Waals surface area contributed by atoms with Crippen LogP contribution in [0.5, 0.6) is 11.8 Å². The Kier molecular flexibility index (Phi) is 5.25. The molecule has 0 bridgehead atoms. The van der Waals surface area contributed by atoms with E-state index in [0.717, 1.165) is 12.1 Å². The molecule has 31 heavy (non-hydrogen) atoms. The molecule has 0 atom stereocenters. The molecule has 0 radical (unpaired) electrons. The molecule has 0 spiro atoms. The van der Waals surface area contributed by atoms with Crippen LogP contribution in [0.25, 0.3) is 11.0 Å². The van der Waals surface area contributed by atoms with Crippen LogP contribution in [0, 0.1) is 12.7 Å². The van der Waals surface area contributed by atoms with Crippen molar-refractivity contribution in [3.05, 3.63) is 87.8 Å². The summed E-state index contributed by atoms with van der Waals surface area (Å²) in [6.45, 7) is 1.75. The molecule has 2 aromatic carbocycles. The van der Waals surface area contributed by atoms with Gasteiger partial charge in [-0.1, -0.05) is 6.07 Å². The summed E-state index contributed by atoms with van der Waals surface area (Å²) in [6, 6.07) is 10.3. The lowest BCUT2D eigenvalue weighted by atomic mass is 9.99. The number of fused-ring (bicyclic) bond motifs is 1. The zero-order valence-corrected chi connectivity index (χ0v) is 17.0. The molecule has 10 heteroatoms. The van der Waals surface area contributed by atoms with Gasteiger partial charge in [-0.25, -0.2) is 32.7 Å². The van der Waals surface area contributed by atoms with Crippen LogP contribution in [0.2, 0.25) is 0 Å². The minimum Gasteiger partial charge on any atom is -0.424 e. The number of benzene rings is 2. The van der Waals surface area contributed by atoms with Crippen LogP contribution in [-0.2, 0) is 16.4 Å². The van der Waals surface area contributed by atoms with E-state index in [2.05, 4.69) is 9.97 Å². The Balaban J connectivity index is 1.71. The molecule has 0 amide bonds. The van der Waals surface area contributed by atoms with Crippen LogP contribution < -0.4 is 15.5 Å². The fourth-order valence-corrected chi connectivity index (χ4v) is 3.82. The van der Waals surface area contributed by atoms with Crippen molar-refractivity contribution in [2.75, 3.05) is 0 Å². The van der Waals surface area contributed by atoms with E-state index in [9.17, 15) is 17.6 Å². The van der Waals surface area contributed by atoms with Crippen LogP contribution in [0.1, 0.15) is 16.7 Å². The molecular weight excluding hydrogens is 425 g/mol. The van der Waals surface area contributed by atoms with Gasteiger partial charge in [0.15, 0.2) is 0 Å². The highest BCUT2D eigenvalue weighted by atomic mass is 32.2. The van der Waals surface area contributed by atoms with Crippen LogP contribution in [-0.4, -0.2) is 18.4 Å². The minimum absolute atomic E-state index is 0.0447. The molecule has 0 saturated carbocycles. The van der Waals surface area contributed by atoms with E-state index in [0.29, 0.717) is 33.4 Å². The molecule has 0 saturated heterocycles. The van der Waals surface area contributed by atoms with E-state index >= 15 is 0 Å². The number of aromatic nitrogens is 2. The zero-order chi connectivity index (χ0) is 22.2. The number of halogens is 1. The number of hydrogen-bond donors (Lipinski definition) is 1. The van der Waals surface area contributed by atoms with Gasteiger partial charge in [0.05, 0.1) is 0 Å². The van der Waals surface area contributed by atoms with Crippen molar-refractivity contribution in [2.24, 2.45) is 5.14 Å². The van der Waals surface area contributed by atoms with Gasteiger partial charge in [-0.15, -0.1) is 0 Å². The minimum atomic E-state index is -4.23. The van der Waals surface area contributed by atoms with Crippen molar-refractivity contribution in [2.45, 2.75) is 18.2 Å². The Morgan fingerprint density at radius 2 is 1.87 bits per heavy atom. The molecule has 0 aliphatic heterocycles. The molecule has 2 N–H and O–H groups in total. The van der Waals surface area contributed by atoms with Gasteiger partial charge in [-0.3, -0.25) is 0 Å². The average molecular weight is 441 g/mol. The van der Waals surface area contributed by atoms with Gasteiger partial charge in [-0.05, 0) is 48.4 Å². The van der Waals surface area contributed by atoms with Gasteiger partial charge in [-0.2, -0.15) is 0 Å². The Morgan fingerprint density at radius 1 is 1.13 bits per heavy atom. The molecule has 4 rings (SSSR count). The maximum atomic E-state index is 13.8.